The summed E-state index contributed by atoms with van der Waals surface area (Å²) in [5.41, 5.74) is 5.29. The zero-order chi connectivity index (χ0) is 15.0. The zero-order valence-electron chi connectivity index (χ0n) is 13.5. The maximum atomic E-state index is 6.50. The number of aromatic nitrogens is 1. The van der Waals surface area contributed by atoms with Gasteiger partial charge in [-0.15, -0.1) is 0 Å². The van der Waals surface area contributed by atoms with E-state index in [4.69, 9.17) is 4.74 Å². The molecule has 0 spiro atoms. The van der Waals surface area contributed by atoms with Crippen molar-refractivity contribution in [2.24, 2.45) is 12.5 Å². The van der Waals surface area contributed by atoms with E-state index in [0.717, 1.165) is 6.42 Å². The second-order valence-electron chi connectivity index (χ2n) is 7.43. The molecule has 1 aromatic carbocycles. The summed E-state index contributed by atoms with van der Waals surface area (Å²) in [5, 5.41) is 1.38. The van der Waals surface area contributed by atoms with Gasteiger partial charge in [0.15, 0.2) is 0 Å². The molecule has 3 heterocycles. The Morgan fingerprint density at radius 3 is 2.76 bits per heavy atom. The molecule has 0 saturated heterocycles. The van der Waals surface area contributed by atoms with E-state index in [1.807, 2.05) is 0 Å². The Labute approximate surface area is 126 Å². The van der Waals surface area contributed by atoms with Crippen LogP contribution in [-0.4, -0.2) is 4.57 Å². The third kappa shape index (κ3) is 1.41. The van der Waals surface area contributed by atoms with Crippen molar-refractivity contribution in [2.75, 3.05) is 0 Å². The Morgan fingerprint density at radius 1 is 1.33 bits per heavy atom. The van der Waals surface area contributed by atoms with Crippen molar-refractivity contribution in [3.63, 3.8) is 0 Å². The average Bonchev–Trinajstić information content (AvgIpc) is 3.09. The highest BCUT2D eigenvalue weighted by molar-refractivity contribution is 5.90. The molecular formula is C19H23NO. The van der Waals surface area contributed by atoms with E-state index < -0.39 is 0 Å². The molecule has 2 aliphatic heterocycles. The van der Waals surface area contributed by atoms with Crippen molar-refractivity contribution >= 4 is 10.9 Å². The number of hydrogen-bond donors (Lipinski definition) is 0. The molecule has 0 N–H and O–H groups in total. The molecule has 21 heavy (non-hydrogen) atoms. The summed E-state index contributed by atoms with van der Waals surface area (Å²) in [6.45, 7) is 9.06. The molecule has 2 atom stereocenters. The van der Waals surface area contributed by atoms with Gasteiger partial charge in [-0.1, -0.05) is 39.8 Å². The molecule has 0 radical (unpaired) electrons. The predicted molar refractivity (Wildman–Crippen MR) is 86.4 cm³/mol. The minimum atomic E-state index is -0.288. The normalized spacial score (nSPS) is 26.8. The van der Waals surface area contributed by atoms with Crippen LogP contribution in [0.4, 0.5) is 0 Å². The van der Waals surface area contributed by atoms with Crippen LogP contribution >= 0.6 is 0 Å². The lowest BCUT2D eigenvalue weighted by atomic mass is 9.69. The van der Waals surface area contributed by atoms with Gasteiger partial charge in [-0.25, -0.2) is 0 Å². The summed E-state index contributed by atoms with van der Waals surface area (Å²) in [6.07, 6.45) is 7.90. The van der Waals surface area contributed by atoms with Crippen molar-refractivity contribution in [1.82, 2.24) is 4.57 Å². The largest absolute Gasteiger partial charge is 0.353 e. The molecule has 0 aliphatic carbocycles. The number of benzene rings is 1. The van der Waals surface area contributed by atoms with E-state index in [9.17, 15) is 0 Å². The van der Waals surface area contributed by atoms with Crippen LogP contribution in [0.25, 0.3) is 10.9 Å². The van der Waals surface area contributed by atoms with Gasteiger partial charge in [0.05, 0.1) is 5.52 Å². The molecule has 2 unspecified atom stereocenters. The number of fused-ring (bicyclic) bond motifs is 7. The van der Waals surface area contributed by atoms with Gasteiger partial charge in [0.1, 0.15) is 11.7 Å². The fourth-order valence-electron chi connectivity index (χ4n) is 4.09. The average molecular weight is 281 g/mol. The Hall–Kier alpha value is -1.54. The predicted octanol–water partition coefficient (Wildman–Crippen LogP) is 4.62. The van der Waals surface area contributed by atoms with Gasteiger partial charge in [-0.3, -0.25) is 0 Å². The van der Waals surface area contributed by atoms with Gasteiger partial charge in [-0.05, 0) is 35.1 Å². The molecule has 2 aromatic rings. The van der Waals surface area contributed by atoms with Gasteiger partial charge >= 0.3 is 0 Å². The molecule has 1 aromatic heterocycles. The van der Waals surface area contributed by atoms with E-state index in [1.165, 1.54) is 27.6 Å². The van der Waals surface area contributed by atoms with E-state index >= 15 is 0 Å². The van der Waals surface area contributed by atoms with Crippen LogP contribution in [0.3, 0.4) is 0 Å². The van der Waals surface area contributed by atoms with E-state index in [-0.39, 0.29) is 17.1 Å². The fourth-order valence-corrected chi connectivity index (χ4v) is 4.09. The highest BCUT2D eigenvalue weighted by Crippen LogP contribution is 2.60. The van der Waals surface area contributed by atoms with Gasteiger partial charge < -0.3 is 9.30 Å². The standard InChI is InChI=1S/C19H23NO/c1-6-12-11-14-15-7-9-19(21-15,18(2,3)4)16(14)17-13(12)8-10-20(17)5/h7-11,15H,6H2,1-5H3. The molecule has 110 valence electrons. The van der Waals surface area contributed by atoms with Gasteiger partial charge in [-0.2, -0.15) is 0 Å². The Balaban J connectivity index is 2.15. The first-order chi connectivity index (χ1) is 9.89. The lowest BCUT2D eigenvalue weighted by Gasteiger charge is -2.38. The fraction of sp³-hybridized carbons (Fsp3) is 0.474. The number of hydrogen-bond acceptors (Lipinski definition) is 1. The first-order valence-electron chi connectivity index (χ1n) is 7.87. The smallest absolute Gasteiger partial charge is 0.120 e. The molecule has 0 saturated carbocycles. The van der Waals surface area contributed by atoms with Crippen LogP contribution in [0, 0.1) is 5.41 Å². The van der Waals surface area contributed by atoms with Crippen LogP contribution in [0.1, 0.15) is 50.5 Å². The van der Waals surface area contributed by atoms with Gasteiger partial charge in [0, 0.05) is 24.2 Å². The topological polar surface area (TPSA) is 14.2 Å². The highest BCUT2D eigenvalue weighted by atomic mass is 16.5. The van der Waals surface area contributed by atoms with Crippen molar-refractivity contribution in [2.45, 2.75) is 45.8 Å². The maximum Gasteiger partial charge on any atom is 0.120 e. The molecule has 2 aliphatic rings. The lowest BCUT2D eigenvalue weighted by molar-refractivity contribution is -0.0747. The van der Waals surface area contributed by atoms with Crippen molar-refractivity contribution in [3.8, 4) is 0 Å². The van der Waals surface area contributed by atoms with Crippen LogP contribution in [-0.2, 0) is 23.8 Å². The summed E-state index contributed by atoms with van der Waals surface area (Å²) < 4.78 is 8.76. The van der Waals surface area contributed by atoms with Crippen LogP contribution in [0.15, 0.2) is 30.5 Å². The Kier molecular flexibility index (Phi) is 2.38. The third-order valence-corrected chi connectivity index (χ3v) is 5.27. The third-order valence-electron chi connectivity index (χ3n) is 5.27. The SMILES string of the molecule is CCc1cc2c(c3c1ccn3C)C1(C(C)(C)C)C=CC2O1. The van der Waals surface area contributed by atoms with Crippen LogP contribution in [0.5, 0.6) is 0 Å². The number of aryl methyl sites for hydroxylation is 2. The van der Waals surface area contributed by atoms with Crippen molar-refractivity contribution in [1.29, 1.82) is 0 Å². The second-order valence-corrected chi connectivity index (χ2v) is 7.43. The van der Waals surface area contributed by atoms with E-state index in [2.05, 4.69) is 69.8 Å². The molecule has 2 bridgehead atoms. The summed E-state index contributed by atoms with van der Waals surface area (Å²) in [6, 6.07) is 4.62. The Bertz CT molecular complexity index is 775. The minimum Gasteiger partial charge on any atom is -0.353 e. The molecular weight excluding hydrogens is 258 g/mol. The number of ether oxygens (including phenoxy) is 1. The molecule has 2 heteroatoms. The zero-order valence-corrected chi connectivity index (χ0v) is 13.5. The quantitative estimate of drug-likeness (QED) is 0.695. The molecule has 0 fully saturated rings. The van der Waals surface area contributed by atoms with E-state index in [0.29, 0.717) is 0 Å². The van der Waals surface area contributed by atoms with Gasteiger partial charge in [0.25, 0.3) is 0 Å². The summed E-state index contributed by atoms with van der Waals surface area (Å²) in [5.74, 6) is 0. The monoisotopic (exact) mass is 281 g/mol. The second kappa shape index (κ2) is 3.80. The first-order valence-corrected chi connectivity index (χ1v) is 7.87. The summed E-state index contributed by atoms with van der Waals surface area (Å²) in [7, 11) is 2.15. The van der Waals surface area contributed by atoms with Gasteiger partial charge in [0.2, 0.25) is 0 Å². The molecule has 0 amide bonds. The number of nitrogens with zero attached hydrogens (tertiary/aromatic N) is 1. The minimum absolute atomic E-state index is 0.0361. The summed E-state index contributed by atoms with van der Waals surface area (Å²) >= 11 is 0. The Morgan fingerprint density at radius 2 is 2.10 bits per heavy atom. The summed E-state index contributed by atoms with van der Waals surface area (Å²) in [4.78, 5) is 0. The highest BCUT2D eigenvalue weighted by Gasteiger charge is 2.55. The molecule has 2 nitrogen and oxygen atoms in total. The first kappa shape index (κ1) is 13.1. The number of rotatable bonds is 1. The molecule has 4 rings (SSSR count). The maximum absolute atomic E-state index is 6.50. The van der Waals surface area contributed by atoms with Crippen molar-refractivity contribution in [3.05, 3.63) is 47.2 Å². The van der Waals surface area contributed by atoms with Crippen molar-refractivity contribution < 1.29 is 4.74 Å². The lowest BCUT2D eigenvalue weighted by Crippen LogP contribution is -2.37. The van der Waals surface area contributed by atoms with E-state index in [1.54, 1.807) is 0 Å². The van der Waals surface area contributed by atoms with Crippen LogP contribution in [0.2, 0.25) is 0 Å². The van der Waals surface area contributed by atoms with Crippen LogP contribution < -0.4 is 0 Å².